The van der Waals surface area contributed by atoms with E-state index in [0.717, 1.165) is 5.56 Å². The number of anilines is 1. The van der Waals surface area contributed by atoms with Crippen LogP contribution in [0.3, 0.4) is 0 Å². The number of nitrogens with one attached hydrogen (secondary N) is 1. The van der Waals surface area contributed by atoms with E-state index in [1.807, 2.05) is 6.92 Å². The molecule has 0 atom stereocenters. The highest BCUT2D eigenvalue weighted by Gasteiger charge is 2.08. The number of nitrogens with zero attached hydrogens (tertiary/aromatic N) is 3. The molecule has 6 nitrogen and oxygen atoms in total. The SMILES string of the molecule is Cc1cnc(-c2nc(N)c(C)c(=O)[nH]2)nc1. The van der Waals surface area contributed by atoms with Gasteiger partial charge in [0.25, 0.3) is 5.56 Å². The molecule has 0 radical (unpaired) electrons. The molecule has 2 aromatic rings. The highest BCUT2D eigenvalue weighted by Crippen LogP contribution is 2.09. The van der Waals surface area contributed by atoms with E-state index in [9.17, 15) is 4.79 Å². The van der Waals surface area contributed by atoms with Crippen molar-refractivity contribution in [2.24, 2.45) is 0 Å². The Morgan fingerprint density at radius 3 is 2.44 bits per heavy atom. The number of aromatic nitrogens is 4. The van der Waals surface area contributed by atoms with E-state index < -0.39 is 0 Å². The monoisotopic (exact) mass is 217 g/mol. The maximum Gasteiger partial charge on any atom is 0.256 e. The average Bonchev–Trinajstić information content (AvgIpc) is 2.26. The fourth-order valence-corrected chi connectivity index (χ4v) is 1.17. The third kappa shape index (κ3) is 1.77. The number of nitrogen functional groups attached to an aromatic ring is 1. The lowest BCUT2D eigenvalue weighted by Crippen LogP contribution is -2.16. The van der Waals surface area contributed by atoms with Crippen molar-refractivity contribution in [2.45, 2.75) is 13.8 Å². The van der Waals surface area contributed by atoms with Crippen molar-refractivity contribution in [2.75, 3.05) is 5.73 Å². The van der Waals surface area contributed by atoms with Crippen molar-refractivity contribution >= 4 is 5.82 Å². The fourth-order valence-electron chi connectivity index (χ4n) is 1.17. The fraction of sp³-hybridized carbons (Fsp3) is 0.200. The van der Waals surface area contributed by atoms with Crippen molar-refractivity contribution in [3.63, 3.8) is 0 Å². The summed E-state index contributed by atoms with van der Waals surface area (Å²) in [4.78, 5) is 26.2. The Hall–Kier alpha value is -2.24. The normalized spacial score (nSPS) is 10.4. The summed E-state index contributed by atoms with van der Waals surface area (Å²) in [5, 5.41) is 0. The van der Waals surface area contributed by atoms with E-state index in [-0.39, 0.29) is 17.2 Å². The molecule has 0 saturated heterocycles. The zero-order chi connectivity index (χ0) is 11.7. The lowest BCUT2D eigenvalue weighted by molar-refractivity contribution is 1.03. The number of aromatic amines is 1. The summed E-state index contributed by atoms with van der Waals surface area (Å²) in [6, 6.07) is 0. The van der Waals surface area contributed by atoms with Crippen molar-refractivity contribution in [1.82, 2.24) is 19.9 Å². The Bertz CT molecular complexity index is 573. The van der Waals surface area contributed by atoms with Gasteiger partial charge in [-0.2, -0.15) is 0 Å². The minimum Gasteiger partial charge on any atom is -0.383 e. The van der Waals surface area contributed by atoms with Gasteiger partial charge in [0.05, 0.1) is 5.56 Å². The van der Waals surface area contributed by atoms with Crippen LogP contribution >= 0.6 is 0 Å². The van der Waals surface area contributed by atoms with Crippen LogP contribution in [-0.2, 0) is 0 Å². The van der Waals surface area contributed by atoms with Gasteiger partial charge in [-0.05, 0) is 19.4 Å². The Morgan fingerprint density at radius 1 is 1.25 bits per heavy atom. The van der Waals surface area contributed by atoms with E-state index in [1.165, 1.54) is 0 Å². The second-order valence-electron chi connectivity index (χ2n) is 3.51. The van der Waals surface area contributed by atoms with Crippen LogP contribution in [0.15, 0.2) is 17.2 Å². The summed E-state index contributed by atoms with van der Waals surface area (Å²) in [5.74, 6) is 0.838. The average molecular weight is 217 g/mol. The predicted molar refractivity (Wildman–Crippen MR) is 59.8 cm³/mol. The first-order chi connectivity index (χ1) is 7.58. The van der Waals surface area contributed by atoms with Gasteiger partial charge in [0, 0.05) is 12.4 Å². The standard InChI is InChI=1S/C10H11N5O/c1-5-3-12-8(13-4-5)9-14-7(11)6(2)10(16)15-9/h3-4H,1-2H3,(H3,11,14,15,16). The predicted octanol–water partition coefficient (Wildman–Crippen LogP) is 0.426. The molecule has 3 N–H and O–H groups in total. The van der Waals surface area contributed by atoms with Crippen molar-refractivity contribution in [3.8, 4) is 11.6 Å². The van der Waals surface area contributed by atoms with Crippen LogP contribution in [0.4, 0.5) is 5.82 Å². The van der Waals surface area contributed by atoms with E-state index in [4.69, 9.17) is 5.73 Å². The molecule has 2 heterocycles. The summed E-state index contributed by atoms with van der Waals surface area (Å²) < 4.78 is 0. The number of nitrogens with two attached hydrogens (primary N) is 1. The number of aryl methyl sites for hydroxylation is 1. The Kier molecular flexibility index (Phi) is 2.40. The highest BCUT2D eigenvalue weighted by atomic mass is 16.1. The molecule has 0 unspecified atom stereocenters. The molecule has 16 heavy (non-hydrogen) atoms. The van der Waals surface area contributed by atoms with E-state index in [0.29, 0.717) is 11.4 Å². The molecule has 82 valence electrons. The number of rotatable bonds is 1. The van der Waals surface area contributed by atoms with Crippen LogP contribution in [0, 0.1) is 13.8 Å². The summed E-state index contributed by atoms with van der Waals surface area (Å²) in [6.07, 6.45) is 3.30. The molecule has 0 aromatic carbocycles. The van der Waals surface area contributed by atoms with Gasteiger partial charge in [0.15, 0.2) is 11.6 Å². The summed E-state index contributed by atoms with van der Waals surface area (Å²) >= 11 is 0. The van der Waals surface area contributed by atoms with Crippen molar-refractivity contribution < 1.29 is 0 Å². The Balaban J connectivity index is 2.57. The van der Waals surface area contributed by atoms with Crippen molar-refractivity contribution in [3.05, 3.63) is 33.9 Å². The quantitative estimate of drug-likeness (QED) is 0.721. The lowest BCUT2D eigenvalue weighted by atomic mass is 10.3. The minimum absolute atomic E-state index is 0.197. The van der Waals surface area contributed by atoms with Crippen LogP contribution in [-0.4, -0.2) is 19.9 Å². The lowest BCUT2D eigenvalue weighted by Gasteiger charge is -2.02. The molecule has 6 heteroatoms. The first-order valence-corrected chi connectivity index (χ1v) is 4.73. The van der Waals surface area contributed by atoms with Gasteiger partial charge in [0.2, 0.25) is 0 Å². The number of hydrogen-bond donors (Lipinski definition) is 2. The molecule has 0 bridgehead atoms. The van der Waals surface area contributed by atoms with Gasteiger partial charge in [-0.1, -0.05) is 0 Å². The molecule has 0 spiro atoms. The Morgan fingerprint density at radius 2 is 1.88 bits per heavy atom. The molecule has 0 saturated carbocycles. The van der Waals surface area contributed by atoms with Crippen LogP contribution < -0.4 is 11.3 Å². The molecular formula is C10H11N5O. The van der Waals surface area contributed by atoms with Crippen LogP contribution in [0.25, 0.3) is 11.6 Å². The van der Waals surface area contributed by atoms with Crippen molar-refractivity contribution in [1.29, 1.82) is 0 Å². The smallest absolute Gasteiger partial charge is 0.256 e. The van der Waals surface area contributed by atoms with E-state index in [1.54, 1.807) is 19.3 Å². The molecule has 0 aliphatic carbocycles. The molecule has 2 aromatic heterocycles. The van der Waals surface area contributed by atoms with Crippen LogP contribution in [0.1, 0.15) is 11.1 Å². The van der Waals surface area contributed by atoms with Gasteiger partial charge >= 0.3 is 0 Å². The van der Waals surface area contributed by atoms with Gasteiger partial charge in [0.1, 0.15) is 5.82 Å². The Labute approximate surface area is 91.6 Å². The zero-order valence-electron chi connectivity index (χ0n) is 8.98. The van der Waals surface area contributed by atoms with Crippen LogP contribution in [0.5, 0.6) is 0 Å². The number of hydrogen-bond acceptors (Lipinski definition) is 5. The van der Waals surface area contributed by atoms with Gasteiger partial charge < -0.3 is 10.7 Å². The number of H-pyrrole nitrogens is 1. The van der Waals surface area contributed by atoms with Gasteiger partial charge in [-0.3, -0.25) is 4.79 Å². The topological polar surface area (TPSA) is 97.5 Å². The molecule has 0 amide bonds. The molecule has 0 fully saturated rings. The second kappa shape index (κ2) is 3.73. The summed E-state index contributed by atoms with van der Waals surface area (Å²) in [7, 11) is 0. The van der Waals surface area contributed by atoms with Gasteiger partial charge in [-0.25, -0.2) is 15.0 Å². The first-order valence-electron chi connectivity index (χ1n) is 4.73. The second-order valence-corrected chi connectivity index (χ2v) is 3.51. The molecular weight excluding hydrogens is 206 g/mol. The van der Waals surface area contributed by atoms with Gasteiger partial charge in [-0.15, -0.1) is 0 Å². The highest BCUT2D eigenvalue weighted by molar-refractivity contribution is 5.48. The first kappa shape index (κ1) is 10.3. The maximum atomic E-state index is 11.5. The zero-order valence-corrected chi connectivity index (χ0v) is 8.98. The minimum atomic E-state index is -0.272. The largest absolute Gasteiger partial charge is 0.383 e. The van der Waals surface area contributed by atoms with E-state index >= 15 is 0 Å². The van der Waals surface area contributed by atoms with E-state index in [2.05, 4.69) is 19.9 Å². The molecule has 0 aliphatic rings. The van der Waals surface area contributed by atoms with Crippen LogP contribution in [0.2, 0.25) is 0 Å². The summed E-state index contributed by atoms with van der Waals surface area (Å²) in [5.41, 5.74) is 6.67. The third-order valence-corrected chi connectivity index (χ3v) is 2.18. The summed E-state index contributed by atoms with van der Waals surface area (Å²) in [6.45, 7) is 3.49. The maximum absolute atomic E-state index is 11.5. The molecule has 0 aliphatic heterocycles. The molecule has 2 rings (SSSR count). The third-order valence-electron chi connectivity index (χ3n) is 2.18.